The van der Waals surface area contributed by atoms with Gasteiger partial charge in [0.2, 0.25) is 5.88 Å². The van der Waals surface area contributed by atoms with Crippen molar-refractivity contribution in [1.82, 2.24) is 9.61 Å². The number of nitrogens with zero attached hydrogens (tertiary/aromatic N) is 2. The second-order valence-electron chi connectivity index (χ2n) is 3.85. The van der Waals surface area contributed by atoms with Crippen molar-refractivity contribution in [3.05, 3.63) is 29.5 Å². The lowest BCUT2D eigenvalue weighted by atomic mass is 10.1. The number of rotatable bonds is 4. The molecule has 90 valence electrons. The monoisotopic (exact) mass is 232 g/mol. The molecule has 0 aliphatic rings. The van der Waals surface area contributed by atoms with E-state index in [1.807, 2.05) is 19.9 Å². The number of ketones is 1. The summed E-state index contributed by atoms with van der Waals surface area (Å²) in [7, 11) is 1.60. The van der Waals surface area contributed by atoms with Gasteiger partial charge in [0.25, 0.3) is 0 Å². The van der Waals surface area contributed by atoms with Gasteiger partial charge in [-0.05, 0) is 18.6 Å². The average molecular weight is 232 g/mol. The first-order valence-corrected chi connectivity index (χ1v) is 5.80. The van der Waals surface area contributed by atoms with Gasteiger partial charge in [-0.25, -0.2) is 4.52 Å². The number of hydrogen-bond acceptors (Lipinski definition) is 3. The van der Waals surface area contributed by atoms with Crippen molar-refractivity contribution in [2.75, 3.05) is 7.11 Å². The first kappa shape index (κ1) is 11.6. The van der Waals surface area contributed by atoms with Gasteiger partial charge in [-0.1, -0.05) is 13.8 Å². The minimum absolute atomic E-state index is 0.125. The van der Waals surface area contributed by atoms with Gasteiger partial charge in [0.15, 0.2) is 5.78 Å². The van der Waals surface area contributed by atoms with Crippen LogP contribution in [0.1, 0.15) is 36.3 Å². The van der Waals surface area contributed by atoms with E-state index in [0.29, 0.717) is 17.9 Å². The fourth-order valence-corrected chi connectivity index (χ4v) is 1.85. The summed E-state index contributed by atoms with van der Waals surface area (Å²) < 4.78 is 6.94. The number of aryl methyl sites for hydroxylation is 1. The summed E-state index contributed by atoms with van der Waals surface area (Å²) in [5.41, 5.74) is 2.49. The Morgan fingerprint density at radius 2 is 2.18 bits per heavy atom. The molecule has 0 spiro atoms. The molecular weight excluding hydrogens is 216 g/mol. The van der Waals surface area contributed by atoms with Gasteiger partial charge in [0.1, 0.15) is 0 Å². The van der Waals surface area contributed by atoms with E-state index in [2.05, 4.69) is 5.10 Å². The van der Waals surface area contributed by atoms with E-state index in [1.165, 1.54) is 0 Å². The molecule has 0 unspecified atom stereocenters. The van der Waals surface area contributed by atoms with Crippen molar-refractivity contribution in [2.45, 2.75) is 26.7 Å². The average Bonchev–Trinajstić information content (AvgIpc) is 2.80. The van der Waals surface area contributed by atoms with Crippen LogP contribution in [0.5, 0.6) is 5.88 Å². The molecule has 2 heterocycles. The maximum Gasteiger partial charge on any atom is 0.214 e. The van der Waals surface area contributed by atoms with Crippen molar-refractivity contribution >= 4 is 11.3 Å². The highest BCUT2D eigenvalue weighted by Crippen LogP contribution is 2.21. The Hall–Kier alpha value is -1.84. The van der Waals surface area contributed by atoms with Crippen LogP contribution in [0.3, 0.4) is 0 Å². The van der Waals surface area contributed by atoms with Gasteiger partial charge < -0.3 is 4.74 Å². The number of aromatic nitrogens is 2. The van der Waals surface area contributed by atoms with E-state index in [9.17, 15) is 4.79 Å². The molecule has 0 fully saturated rings. The molecular formula is C13H16N2O2. The van der Waals surface area contributed by atoms with Crippen LogP contribution >= 0.6 is 0 Å². The second kappa shape index (κ2) is 4.57. The Balaban J connectivity index is 2.71. The lowest BCUT2D eigenvalue weighted by molar-refractivity contribution is 0.0989. The lowest BCUT2D eigenvalue weighted by Gasteiger charge is -2.06. The number of Topliss-reactive ketones (excluding diaryl/α,β-unsaturated/α-hetero) is 1. The van der Waals surface area contributed by atoms with Crippen LogP contribution in [0.2, 0.25) is 0 Å². The summed E-state index contributed by atoms with van der Waals surface area (Å²) in [6, 6.07) is 5.54. The van der Waals surface area contributed by atoms with Crippen LogP contribution in [0.15, 0.2) is 18.2 Å². The second-order valence-corrected chi connectivity index (χ2v) is 3.85. The molecule has 0 aromatic carbocycles. The Bertz CT molecular complexity index is 558. The molecule has 2 aromatic rings. The minimum Gasteiger partial charge on any atom is -0.481 e. The number of pyridine rings is 1. The highest BCUT2D eigenvalue weighted by atomic mass is 16.5. The smallest absolute Gasteiger partial charge is 0.214 e. The molecule has 0 radical (unpaired) electrons. The van der Waals surface area contributed by atoms with Crippen molar-refractivity contribution in [3.8, 4) is 5.88 Å². The lowest BCUT2D eigenvalue weighted by Crippen LogP contribution is -2.03. The van der Waals surface area contributed by atoms with E-state index in [-0.39, 0.29) is 5.78 Å². The standard InChI is InChI=1S/C13H16N2O2/c1-4-9-8-11-10(12(16)5-2)6-7-13(17-3)15(11)14-9/h6-8H,4-5H2,1-3H3. The Kier molecular flexibility index (Phi) is 3.13. The third-order valence-electron chi connectivity index (χ3n) is 2.83. The molecule has 0 N–H and O–H groups in total. The van der Waals surface area contributed by atoms with Crippen LogP contribution in [-0.2, 0) is 6.42 Å². The fourth-order valence-electron chi connectivity index (χ4n) is 1.85. The van der Waals surface area contributed by atoms with Crippen LogP contribution in [0.4, 0.5) is 0 Å². The Labute approximate surface area is 100 Å². The molecule has 0 atom stereocenters. The molecule has 0 aliphatic heterocycles. The summed E-state index contributed by atoms with van der Waals surface area (Å²) in [4.78, 5) is 11.8. The normalized spacial score (nSPS) is 10.8. The van der Waals surface area contributed by atoms with Crippen LogP contribution in [0.25, 0.3) is 5.52 Å². The molecule has 0 saturated heterocycles. The van der Waals surface area contributed by atoms with Crippen molar-refractivity contribution in [2.24, 2.45) is 0 Å². The molecule has 0 bridgehead atoms. The van der Waals surface area contributed by atoms with Gasteiger partial charge in [-0.2, -0.15) is 5.10 Å². The predicted molar refractivity (Wildman–Crippen MR) is 65.7 cm³/mol. The van der Waals surface area contributed by atoms with E-state index in [0.717, 1.165) is 17.6 Å². The Morgan fingerprint density at radius 1 is 1.41 bits per heavy atom. The van der Waals surface area contributed by atoms with Crippen molar-refractivity contribution in [1.29, 1.82) is 0 Å². The summed E-state index contributed by atoms with van der Waals surface area (Å²) in [5.74, 6) is 0.771. The summed E-state index contributed by atoms with van der Waals surface area (Å²) in [5, 5.41) is 4.42. The maximum atomic E-state index is 11.8. The van der Waals surface area contributed by atoms with Crippen LogP contribution in [0, 0.1) is 0 Å². The largest absolute Gasteiger partial charge is 0.481 e. The summed E-state index contributed by atoms with van der Waals surface area (Å²) in [6.45, 7) is 3.90. The minimum atomic E-state index is 0.125. The molecule has 0 amide bonds. The quantitative estimate of drug-likeness (QED) is 0.761. The van der Waals surface area contributed by atoms with Crippen LogP contribution < -0.4 is 4.74 Å². The number of hydrogen-bond donors (Lipinski definition) is 0. The van der Waals surface area contributed by atoms with Gasteiger partial charge in [0, 0.05) is 18.1 Å². The number of carbonyl (C=O) groups is 1. The number of ether oxygens (including phenoxy) is 1. The van der Waals surface area contributed by atoms with Crippen molar-refractivity contribution in [3.63, 3.8) is 0 Å². The SMILES string of the molecule is CCC(=O)c1ccc(OC)n2nc(CC)cc12. The molecule has 4 heteroatoms. The molecule has 2 aromatic heterocycles. The number of carbonyl (C=O) groups excluding carboxylic acids is 1. The third-order valence-corrected chi connectivity index (χ3v) is 2.83. The topological polar surface area (TPSA) is 43.6 Å². The summed E-state index contributed by atoms with van der Waals surface area (Å²) in [6.07, 6.45) is 1.33. The van der Waals surface area contributed by atoms with Gasteiger partial charge >= 0.3 is 0 Å². The summed E-state index contributed by atoms with van der Waals surface area (Å²) >= 11 is 0. The van der Waals surface area contributed by atoms with E-state index < -0.39 is 0 Å². The zero-order chi connectivity index (χ0) is 12.4. The zero-order valence-corrected chi connectivity index (χ0v) is 10.4. The molecule has 0 aliphatic carbocycles. The predicted octanol–water partition coefficient (Wildman–Crippen LogP) is 2.50. The fraction of sp³-hybridized carbons (Fsp3) is 0.385. The molecule has 2 rings (SSSR count). The number of fused-ring (bicyclic) bond motifs is 1. The number of methoxy groups -OCH3 is 1. The molecule has 0 saturated carbocycles. The Morgan fingerprint density at radius 3 is 2.76 bits per heavy atom. The molecule has 4 nitrogen and oxygen atoms in total. The van der Waals surface area contributed by atoms with Gasteiger partial charge in [0.05, 0.1) is 18.3 Å². The van der Waals surface area contributed by atoms with E-state index in [4.69, 9.17) is 4.74 Å². The first-order chi connectivity index (χ1) is 8.21. The van der Waals surface area contributed by atoms with Gasteiger partial charge in [-0.3, -0.25) is 4.79 Å². The highest BCUT2D eigenvalue weighted by molar-refractivity contribution is 6.02. The van der Waals surface area contributed by atoms with E-state index >= 15 is 0 Å². The third kappa shape index (κ3) is 1.90. The first-order valence-electron chi connectivity index (χ1n) is 5.80. The van der Waals surface area contributed by atoms with E-state index in [1.54, 1.807) is 23.8 Å². The van der Waals surface area contributed by atoms with Gasteiger partial charge in [-0.15, -0.1) is 0 Å². The van der Waals surface area contributed by atoms with Crippen LogP contribution in [-0.4, -0.2) is 22.5 Å². The molecule has 17 heavy (non-hydrogen) atoms. The highest BCUT2D eigenvalue weighted by Gasteiger charge is 2.13. The zero-order valence-electron chi connectivity index (χ0n) is 10.4. The van der Waals surface area contributed by atoms with Crippen molar-refractivity contribution < 1.29 is 9.53 Å². The maximum absolute atomic E-state index is 11.8.